The Morgan fingerprint density at radius 3 is 1.12 bits per heavy atom. The van der Waals surface area contributed by atoms with Gasteiger partial charge in [0, 0.05) is 11.1 Å². The second kappa shape index (κ2) is 20.0. The van der Waals surface area contributed by atoms with Gasteiger partial charge in [-0.3, -0.25) is 0 Å². The monoisotopic (exact) mass is 842 g/mol. The number of benzene rings is 6. The molecule has 6 aromatic rings. The summed E-state index contributed by atoms with van der Waals surface area (Å²) in [5, 5.41) is 0. The minimum atomic E-state index is -2.02. The zero-order chi connectivity index (χ0) is 43.1. The second-order valence-electron chi connectivity index (χ2n) is 16.0. The first-order chi connectivity index (χ1) is 28.8. The molecule has 8 heteroatoms. The zero-order valence-corrected chi connectivity index (χ0v) is 39.1. The summed E-state index contributed by atoms with van der Waals surface area (Å²) in [5.41, 5.74) is 12.8. The Hall–Kier alpha value is -5.02. The minimum Gasteiger partial charge on any atom is -0.409 e. The molecule has 0 fully saturated rings. The maximum absolute atomic E-state index is 7.31. The van der Waals surface area contributed by atoms with Crippen LogP contribution in [0.2, 0.25) is 0 Å². The first-order valence-electron chi connectivity index (χ1n) is 21.0. The largest absolute Gasteiger partial charge is 0.530 e. The summed E-state index contributed by atoms with van der Waals surface area (Å²) in [7, 11) is -4.04. The molecule has 0 heterocycles. The summed E-state index contributed by atoms with van der Waals surface area (Å²) < 4.78 is 41.6. The quantitative estimate of drug-likeness (QED) is 0.0853. The van der Waals surface area contributed by atoms with Crippen LogP contribution in [-0.2, 0) is 12.8 Å². The molecule has 0 aliphatic rings. The van der Waals surface area contributed by atoms with Gasteiger partial charge in [-0.2, -0.15) is 0 Å². The Bertz CT molecular complexity index is 2360. The topological polar surface area (TPSA) is 55.4 Å². The average molecular weight is 843 g/mol. The van der Waals surface area contributed by atoms with Crippen molar-refractivity contribution in [3.8, 4) is 45.6 Å². The van der Waals surface area contributed by atoms with Crippen LogP contribution in [0.4, 0.5) is 0 Å². The molecule has 0 spiro atoms. The predicted octanol–water partition coefficient (Wildman–Crippen LogP) is 16.1. The predicted molar refractivity (Wildman–Crippen MR) is 251 cm³/mol. The summed E-state index contributed by atoms with van der Waals surface area (Å²) in [5.74, 6) is 4.41. The number of hydrogen-bond acceptors (Lipinski definition) is 6. The van der Waals surface area contributed by atoms with Crippen LogP contribution in [0.5, 0.6) is 34.5 Å². The molecule has 1 atom stereocenters. The third kappa shape index (κ3) is 10.3. The molecular weight excluding hydrogens is 783 g/mol. The first kappa shape index (κ1) is 44.5. The van der Waals surface area contributed by atoms with Crippen LogP contribution in [0, 0.1) is 41.5 Å². The highest BCUT2D eigenvalue weighted by atomic mass is 31.2. The van der Waals surface area contributed by atoms with E-state index in [-0.39, 0.29) is 11.8 Å². The van der Waals surface area contributed by atoms with Crippen LogP contribution >= 0.6 is 17.2 Å². The fourth-order valence-corrected chi connectivity index (χ4v) is 9.53. The highest BCUT2D eigenvalue weighted by Gasteiger charge is 2.33. The lowest BCUT2D eigenvalue weighted by Gasteiger charge is -2.29. The van der Waals surface area contributed by atoms with E-state index in [1.807, 2.05) is 118 Å². The molecular formula is C52H60O6P2. The lowest BCUT2D eigenvalue weighted by Crippen LogP contribution is -2.11. The van der Waals surface area contributed by atoms with Crippen LogP contribution in [-0.4, -0.2) is 0 Å². The maximum atomic E-state index is 7.31. The van der Waals surface area contributed by atoms with Gasteiger partial charge in [0.1, 0.15) is 34.5 Å². The molecule has 0 aliphatic heterocycles. The summed E-state index contributed by atoms with van der Waals surface area (Å²) in [6.07, 6.45) is 1.68. The van der Waals surface area contributed by atoms with E-state index in [0.29, 0.717) is 34.5 Å². The van der Waals surface area contributed by atoms with Gasteiger partial charge in [-0.15, -0.1) is 0 Å². The van der Waals surface area contributed by atoms with Crippen molar-refractivity contribution in [2.75, 3.05) is 0 Å². The highest BCUT2D eigenvalue weighted by Crippen LogP contribution is 2.56. The average Bonchev–Trinajstić information content (AvgIpc) is 3.22. The molecule has 6 nitrogen and oxygen atoms in total. The molecule has 0 aromatic heterocycles. The van der Waals surface area contributed by atoms with E-state index < -0.39 is 17.2 Å². The fraction of sp³-hybridized carbons (Fsp3) is 0.308. The van der Waals surface area contributed by atoms with E-state index in [1.54, 1.807) is 0 Å². The van der Waals surface area contributed by atoms with Gasteiger partial charge >= 0.3 is 17.2 Å². The van der Waals surface area contributed by atoms with Crippen molar-refractivity contribution in [1.29, 1.82) is 0 Å². The Morgan fingerprint density at radius 2 is 0.783 bits per heavy atom. The van der Waals surface area contributed by atoms with E-state index in [1.165, 1.54) is 11.1 Å². The third-order valence-electron chi connectivity index (χ3n) is 10.9. The number of aryl methyl sites for hydroxylation is 6. The van der Waals surface area contributed by atoms with Crippen molar-refractivity contribution in [3.05, 3.63) is 165 Å². The third-order valence-corrected chi connectivity index (χ3v) is 13.0. The molecule has 0 radical (unpaired) electrons. The van der Waals surface area contributed by atoms with Crippen LogP contribution in [0.25, 0.3) is 11.1 Å². The molecule has 0 amide bonds. The smallest absolute Gasteiger partial charge is 0.409 e. The minimum absolute atomic E-state index is 0.105. The number of hydrogen-bond donors (Lipinski definition) is 0. The number of para-hydroxylation sites is 3. The van der Waals surface area contributed by atoms with Crippen molar-refractivity contribution >= 4 is 17.2 Å². The van der Waals surface area contributed by atoms with Gasteiger partial charge in [0.05, 0.1) is 0 Å². The van der Waals surface area contributed by atoms with Crippen molar-refractivity contribution in [2.45, 2.75) is 108 Å². The molecule has 6 aromatic carbocycles. The van der Waals surface area contributed by atoms with E-state index in [2.05, 4.69) is 74.4 Å². The highest BCUT2D eigenvalue weighted by molar-refractivity contribution is 7.43. The second-order valence-corrected chi connectivity index (χ2v) is 18.0. The van der Waals surface area contributed by atoms with Gasteiger partial charge in [-0.05, 0) is 147 Å². The summed E-state index contributed by atoms with van der Waals surface area (Å²) in [6, 6.07) is 36.5. The lowest BCUT2D eigenvalue weighted by molar-refractivity contribution is 0.381. The van der Waals surface area contributed by atoms with E-state index in [9.17, 15) is 0 Å². The summed E-state index contributed by atoms with van der Waals surface area (Å²) >= 11 is 0. The molecule has 6 rings (SSSR count). The molecule has 0 N–H and O–H groups in total. The summed E-state index contributed by atoms with van der Waals surface area (Å²) in [4.78, 5) is 0. The zero-order valence-electron chi connectivity index (χ0n) is 37.3. The van der Waals surface area contributed by atoms with Gasteiger partial charge in [0.25, 0.3) is 0 Å². The molecule has 314 valence electrons. The fourth-order valence-electron chi connectivity index (χ4n) is 7.23. The molecule has 0 saturated carbocycles. The van der Waals surface area contributed by atoms with Gasteiger partial charge in [-0.25, -0.2) is 0 Å². The Morgan fingerprint density at radius 1 is 0.433 bits per heavy atom. The Balaban J connectivity index is 1.62. The van der Waals surface area contributed by atoms with Gasteiger partial charge < -0.3 is 27.1 Å². The Labute approximate surface area is 361 Å². The van der Waals surface area contributed by atoms with E-state index in [0.717, 1.165) is 68.5 Å². The maximum Gasteiger partial charge on any atom is 0.530 e. The first-order valence-corrected chi connectivity index (χ1v) is 23.2. The molecule has 0 bridgehead atoms. The lowest BCUT2D eigenvalue weighted by atomic mass is 9.82. The molecule has 1 unspecified atom stereocenters. The van der Waals surface area contributed by atoms with Crippen molar-refractivity contribution in [1.82, 2.24) is 0 Å². The number of rotatable bonds is 17. The van der Waals surface area contributed by atoms with E-state index in [4.69, 9.17) is 27.1 Å². The SMILES string of the molecule is CCc1cc(C(C)C)c(OP(Oc2ccc(C)cc2)Oc2ccccc2C)c(-c2c(C)c(CC)cc(C(C)C)c2OP(Oc2ccccc2C)Oc2ccccc2C)c1C. The van der Waals surface area contributed by atoms with Gasteiger partial charge in [0.2, 0.25) is 0 Å². The van der Waals surface area contributed by atoms with Crippen LogP contribution < -0.4 is 27.1 Å². The van der Waals surface area contributed by atoms with Crippen molar-refractivity contribution in [3.63, 3.8) is 0 Å². The normalized spacial score (nSPS) is 11.8. The summed E-state index contributed by atoms with van der Waals surface area (Å²) in [6.45, 7) is 25.8. The Kier molecular flexibility index (Phi) is 14.9. The van der Waals surface area contributed by atoms with Crippen molar-refractivity contribution in [2.24, 2.45) is 0 Å². The molecule has 0 aliphatic carbocycles. The van der Waals surface area contributed by atoms with E-state index >= 15 is 0 Å². The molecule has 60 heavy (non-hydrogen) atoms. The van der Waals surface area contributed by atoms with Gasteiger partial charge in [0.15, 0.2) is 0 Å². The standard InChI is InChI=1S/C52H60O6P2/c1-13-41-31-44(33(3)4)51(57-59(53-43-29-27-35(7)28-30-43)54-46-24-18-15-21-36(46)8)49(39(41)11)50-40(12)42(14-2)32-45(34(5)6)52(50)58-60(55-47-25-19-16-22-37(47)9)56-48-26-20-17-23-38(48)10/h15-34H,13-14H2,1-12H3. The van der Waals surface area contributed by atoms with Crippen molar-refractivity contribution < 1.29 is 27.1 Å². The molecule has 0 saturated heterocycles. The van der Waals surface area contributed by atoms with Gasteiger partial charge in [-0.1, -0.05) is 126 Å². The van der Waals surface area contributed by atoms with Crippen LogP contribution in [0.1, 0.15) is 109 Å². The van der Waals surface area contributed by atoms with Crippen LogP contribution in [0.3, 0.4) is 0 Å². The van der Waals surface area contributed by atoms with Crippen LogP contribution in [0.15, 0.2) is 109 Å².